The average molecular weight is 526 g/mol. The first-order valence-electron chi connectivity index (χ1n) is 13.7. The van der Waals surface area contributed by atoms with Gasteiger partial charge in [-0.1, -0.05) is 23.8 Å². The third-order valence-electron chi connectivity index (χ3n) is 9.59. The normalized spacial score (nSPS) is 34.8. The van der Waals surface area contributed by atoms with Crippen molar-refractivity contribution in [3.05, 3.63) is 47.7 Å². The van der Waals surface area contributed by atoms with E-state index in [-0.39, 0.29) is 28.6 Å². The molecule has 1 saturated heterocycles. The van der Waals surface area contributed by atoms with Crippen molar-refractivity contribution in [1.82, 2.24) is 9.88 Å². The third kappa shape index (κ3) is 4.54. The van der Waals surface area contributed by atoms with Crippen molar-refractivity contribution in [2.45, 2.75) is 75.0 Å². The van der Waals surface area contributed by atoms with Gasteiger partial charge in [-0.25, -0.2) is 23.3 Å². The summed E-state index contributed by atoms with van der Waals surface area (Å²) in [7, 11) is -3.94. The summed E-state index contributed by atoms with van der Waals surface area (Å²) in [4.78, 5) is 31.8. The van der Waals surface area contributed by atoms with Gasteiger partial charge < -0.3 is 9.64 Å². The molecule has 0 aromatic carbocycles. The van der Waals surface area contributed by atoms with Gasteiger partial charge in [0.15, 0.2) is 5.03 Å². The average Bonchev–Trinajstić information content (AvgIpc) is 3.55. The van der Waals surface area contributed by atoms with Crippen LogP contribution in [-0.2, 0) is 19.6 Å². The second-order valence-corrected chi connectivity index (χ2v) is 12.9. The molecule has 2 N–H and O–H groups in total. The summed E-state index contributed by atoms with van der Waals surface area (Å²) in [5, 5.41) is 4.81. The van der Waals surface area contributed by atoms with Crippen LogP contribution in [0.3, 0.4) is 0 Å². The van der Waals surface area contributed by atoms with Crippen molar-refractivity contribution in [3.63, 3.8) is 0 Å². The number of carbonyl (C=O) groups is 2. The number of allylic oxidation sites excluding steroid dienone is 4. The molecule has 1 aromatic heterocycles. The molecule has 1 aromatic rings. The third-order valence-corrected chi connectivity index (χ3v) is 10.4. The first-order valence-corrected chi connectivity index (χ1v) is 15.2. The van der Waals surface area contributed by atoms with Crippen LogP contribution in [0.5, 0.6) is 0 Å². The molecule has 1 amide bonds. The number of amides is 1. The number of fused-ring (bicyclic) bond motifs is 5. The predicted octanol–water partition coefficient (Wildman–Crippen LogP) is 3.59. The number of esters is 1. The molecule has 3 saturated carbocycles. The molecule has 37 heavy (non-hydrogen) atoms. The van der Waals surface area contributed by atoms with E-state index >= 15 is 0 Å². The van der Waals surface area contributed by atoms with E-state index in [1.807, 2.05) is 0 Å². The minimum Gasteiger partial charge on any atom is -0.461 e. The van der Waals surface area contributed by atoms with Crippen molar-refractivity contribution in [3.8, 4) is 0 Å². The van der Waals surface area contributed by atoms with Crippen LogP contribution in [0.15, 0.2) is 47.2 Å². The molecular formula is C28H35N3O5S. The highest BCUT2D eigenvalue weighted by Crippen LogP contribution is 2.56. The molecule has 4 fully saturated rings. The maximum absolute atomic E-state index is 13.3. The summed E-state index contributed by atoms with van der Waals surface area (Å²) in [6.45, 7) is 0.459. The second-order valence-electron chi connectivity index (χ2n) is 11.4. The molecule has 1 aliphatic heterocycles. The molecule has 7 atom stereocenters. The lowest BCUT2D eigenvalue weighted by molar-refractivity contribution is -0.157. The van der Waals surface area contributed by atoms with Gasteiger partial charge in [-0.2, -0.15) is 0 Å². The Morgan fingerprint density at radius 3 is 2.57 bits per heavy atom. The molecule has 9 heteroatoms. The number of sulfonamides is 1. The van der Waals surface area contributed by atoms with E-state index in [9.17, 15) is 18.0 Å². The minimum absolute atomic E-state index is 0.0643. The molecule has 0 bridgehead atoms. The predicted molar refractivity (Wildman–Crippen MR) is 137 cm³/mol. The molecule has 4 aliphatic carbocycles. The number of ether oxygens (including phenoxy) is 1. The van der Waals surface area contributed by atoms with E-state index in [4.69, 9.17) is 9.88 Å². The van der Waals surface area contributed by atoms with Gasteiger partial charge in [-0.15, -0.1) is 0 Å². The van der Waals surface area contributed by atoms with E-state index in [0.717, 1.165) is 38.0 Å². The number of likely N-dealkylation sites (tertiary alicyclic amines) is 1. The van der Waals surface area contributed by atoms with E-state index in [2.05, 4.69) is 23.2 Å². The lowest BCUT2D eigenvalue weighted by Gasteiger charge is -2.48. The molecule has 6 unspecified atom stereocenters. The second kappa shape index (κ2) is 9.66. The minimum atomic E-state index is -3.94. The fourth-order valence-electron chi connectivity index (χ4n) is 7.98. The Kier molecular flexibility index (Phi) is 6.47. The molecule has 2 heterocycles. The van der Waals surface area contributed by atoms with Crippen LogP contribution in [0.2, 0.25) is 0 Å². The van der Waals surface area contributed by atoms with Gasteiger partial charge in [0.1, 0.15) is 12.1 Å². The number of nitrogens with two attached hydrogens (primary N) is 1. The molecule has 5 aliphatic rings. The highest BCUT2D eigenvalue weighted by atomic mass is 32.2. The molecule has 198 valence electrons. The maximum Gasteiger partial charge on any atom is 0.329 e. The summed E-state index contributed by atoms with van der Waals surface area (Å²) >= 11 is 0. The smallest absolute Gasteiger partial charge is 0.329 e. The van der Waals surface area contributed by atoms with Crippen LogP contribution in [0.4, 0.5) is 0 Å². The fourth-order valence-corrected chi connectivity index (χ4v) is 8.43. The number of rotatable bonds is 4. The highest BCUT2D eigenvalue weighted by molar-refractivity contribution is 7.89. The zero-order valence-electron chi connectivity index (χ0n) is 21.0. The fraction of sp³-hybridized carbons (Fsp3) is 0.607. The Bertz CT molecular complexity index is 1240. The summed E-state index contributed by atoms with van der Waals surface area (Å²) in [6.07, 6.45) is 17.5. The Morgan fingerprint density at radius 1 is 1.00 bits per heavy atom. The van der Waals surface area contributed by atoms with Crippen LogP contribution in [0, 0.1) is 29.6 Å². The topological polar surface area (TPSA) is 120 Å². The zero-order chi connectivity index (χ0) is 25.7. The summed E-state index contributed by atoms with van der Waals surface area (Å²) in [5.74, 6) is 2.44. The van der Waals surface area contributed by atoms with Gasteiger partial charge in [0.2, 0.25) is 0 Å². The van der Waals surface area contributed by atoms with E-state index in [1.54, 1.807) is 10.5 Å². The lowest BCUT2D eigenvalue weighted by Crippen LogP contribution is -2.45. The largest absolute Gasteiger partial charge is 0.461 e. The Hall–Kier alpha value is -2.52. The summed E-state index contributed by atoms with van der Waals surface area (Å²) < 4.78 is 29.1. The van der Waals surface area contributed by atoms with Crippen LogP contribution in [0.1, 0.15) is 68.1 Å². The first-order chi connectivity index (χ1) is 17.8. The first kappa shape index (κ1) is 24.8. The number of pyridine rings is 1. The monoisotopic (exact) mass is 525 g/mol. The van der Waals surface area contributed by atoms with Gasteiger partial charge >= 0.3 is 5.97 Å². The van der Waals surface area contributed by atoms with Crippen molar-refractivity contribution >= 4 is 21.9 Å². The van der Waals surface area contributed by atoms with Crippen LogP contribution >= 0.6 is 0 Å². The van der Waals surface area contributed by atoms with Crippen molar-refractivity contribution in [2.75, 3.05) is 6.54 Å². The van der Waals surface area contributed by atoms with Gasteiger partial charge in [-0.3, -0.25) is 4.79 Å². The molecular weight excluding hydrogens is 490 g/mol. The standard InChI is InChI=1S/C28H35N3O5S/c29-37(34,35)26-14-8-18(16-30-26)27(32)31-15-3-6-24(31)28(33)36-25-13-12-22-21-9-7-17-4-1-2-5-19(17)20(21)10-11-23(22)25/h2,4-5,8,14,16,19-25H,1,3,6-7,9-13,15H2,(H2,29,34,35)/t19?,20?,21?,22?,23?,24-,25?/m1/s1. The highest BCUT2D eigenvalue weighted by Gasteiger charge is 2.51. The Morgan fingerprint density at radius 2 is 1.78 bits per heavy atom. The maximum atomic E-state index is 13.3. The Labute approximate surface area is 218 Å². The summed E-state index contributed by atoms with van der Waals surface area (Å²) in [6, 6.07) is 1.99. The molecule has 8 nitrogen and oxygen atoms in total. The number of primary sulfonamides is 1. The Balaban J connectivity index is 1.11. The van der Waals surface area contributed by atoms with Gasteiger partial charge in [-0.05, 0) is 93.6 Å². The lowest BCUT2D eigenvalue weighted by atomic mass is 9.57. The van der Waals surface area contributed by atoms with Gasteiger partial charge in [0.25, 0.3) is 15.9 Å². The number of hydrogen-bond acceptors (Lipinski definition) is 6. The number of aromatic nitrogens is 1. The molecule has 0 spiro atoms. The van der Waals surface area contributed by atoms with Crippen molar-refractivity contribution in [1.29, 1.82) is 0 Å². The van der Waals surface area contributed by atoms with E-state index < -0.39 is 16.1 Å². The number of hydrogen-bond donors (Lipinski definition) is 1. The van der Waals surface area contributed by atoms with Gasteiger partial charge in [0, 0.05) is 18.7 Å². The summed E-state index contributed by atoms with van der Waals surface area (Å²) in [5.41, 5.74) is 1.87. The van der Waals surface area contributed by atoms with Gasteiger partial charge in [0.05, 0.1) is 5.56 Å². The number of carbonyl (C=O) groups excluding carboxylic acids is 2. The van der Waals surface area contributed by atoms with Crippen molar-refractivity contribution in [2.24, 2.45) is 34.7 Å². The van der Waals surface area contributed by atoms with Crippen LogP contribution < -0.4 is 5.14 Å². The van der Waals surface area contributed by atoms with E-state index in [0.29, 0.717) is 36.6 Å². The van der Waals surface area contributed by atoms with Crippen LogP contribution in [0.25, 0.3) is 0 Å². The number of nitrogens with zero attached hydrogens (tertiary/aromatic N) is 2. The SMILES string of the molecule is NS(=O)(=O)c1ccc(C(=O)N2CCC[C@@H]2C(=O)OC2CCC3C2CCC2C4C=CCC=C4CCC23)cn1. The molecule has 0 radical (unpaired) electrons. The van der Waals surface area contributed by atoms with E-state index in [1.165, 1.54) is 37.6 Å². The zero-order valence-corrected chi connectivity index (χ0v) is 21.8. The quantitative estimate of drug-likeness (QED) is 0.474. The van der Waals surface area contributed by atoms with Crippen molar-refractivity contribution < 1.29 is 22.7 Å². The van der Waals surface area contributed by atoms with Crippen LogP contribution in [-0.4, -0.2) is 48.9 Å². The molecule has 6 rings (SSSR count).